The van der Waals surface area contributed by atoms with Crippen LogP contribution in [-0.2, 0) is 6.42 Å². The van der Waals surface area contributed by atoms with Crippen molar-refractivity contribution in [2.45, 2.75) is 20.3 Å². The molecule has 2 aromatic heterocycles. The number of aromatic nitrogens is 3. The third-order valence-corrected chi connectivity index (χ3v) is 4.90. The van der Waals surface area contributed by atoms with Gasteiger partial charge in [0.05, 0.1) is 10.9 Å². The van der Waals surface area contributed by atoms with Crippen LogP contribution in [0.25, 0.3) is 15.9 Å². The van der Waals surface area contributed by atoms with Gasteiger partial charge in [-0.3, -0.25) is 4.79 Å². The fraction of sp³-hybridized carbons (Fsp3) is 0.167. The highest BCUT2D eigenvalue weighted by molar-refractivity contribution is 7.20. The van der Waals surface area contributed by atoms with Crippen molar-refractivity contribution < 1.29 is 0 Å². The highest BCUT2D eigenvalue weighted by Crippen LogP contribution is 2.28. The molecule has 5 nitrogen and oxygen atoms in total. The van der Waals surface area contributed by atoms with Gasteiger partial charge in [0.2, 0.25) is 10.1 Å². The van der Waals surface area contributed by atoms with E-state index in [0.717, 1.165) is 17.7 Å². The molecule has 0 radical (unpaired) electrons. The second-order valence-electron chi connectivity index (χ2n) is 5.62. The quantitative estimate of drug-likeness (QED) is 0.616. The van der Waals surface area contributed by atoms with Crippen molar-refractivity contribution in [1.82, 2.24) is 14.6 Å². The summed E-state index contributed by atoms with van der Waals surface area (Å²) in [6.07, 6.45) is 0.928. The number of nitrogens with zero attached hydrogens (tertiary/aromatic N) is 3. The zero-order valence-corrected chi connectivity index (χ0v) is 14.2. The van der Waals surface area contributed by atoms with Gasteiger partial charge in [-0.15, -0.1) is 5.10 Å². The zero-order chi connectivity index (χ0) is 16.7. The monoisotopic (exact) mass is 336 g/mol. The summed E-state index contributed by atoms with van der Waals surface area (Å²) in [5, 5.41) is 9.04. The molecule has 0 aliphatic carbocycles. The van der Waals surface area contributed by atoms with Crippen LogP contribution in [0, 0.1) is 6.92 Å². The van der Waals surface area contributed by atoms with Crippen LogP contribution in [0.4, 0.5) is 10.8 Å². The molecule has 0 saturated carbocycles. The number of benzene rings is 2. The number of hydrogen-bond acceptors (Lipinski definition) is 5. The summed E-state index contributed by atoms with van der Waals surface area (Å²) in [6.45, 7) is 4.19. The second-order valence-corrected chi connectivity index (χ2v) is 6.58. The smallest absolute Gasteiger partial charge is 0.283 e. The van der Waals surface area contributed by atoms with E-state index in [9.17, 15) is 4.79 Å². The molecule has 4 aromatic rings. The van der Waals surface area contributed by atoms with Gasteiger partial charge in [-0.2, -0.15) is 4.52 Å². The number of para-hydroxylation sites is 2. The molecule has 120 valence electrons. The minimum atomic E-state index is -0.139. The van der Waals surface area contributed by atoms with Crippen LogP contribution >= 0.6 is 11.3 Å². The van der Waals surface area contributed by atoms with Gasteiger partial charge in [0.15, 0.2) is 0 Å². The molecule has 2 aromatic carbocycles. The maximum Gasteiger partial charge on any atom is 0.283 e. The molecule has 2 heterocycles. The lowest BCUT2D eigenvalue weighted by molar-refractivity contribution is 0.919. The van der Waals surface area contributed by atoms with E-state index in [2.05, 4.69) is 47.4 Å². The summed E-state index contributed by atoms with van der Waals surface area (Å²) in [5.41, 5.74) is 3.98. The molecule has 0 fully saturated rings. The van der Waals surface area contributed by atoms with Crippen LogP contribution in [0.5, 0.6) is 0 Å². The van der Waals surface area contributed by atoms with E-state index >= 15 is 0 Å². The van der Waals surface area contributed by atoms with E-state index in [-0.39, 0.29) is 5.56 Å². The summed E-state index contributed by atoms with van der Waals surface area (Å²) in [4.78, 5) is 17.7. The number of fused-ring (bicyclic) bond motifs is 2. The van der Waals surface area contributed by atoms with Crippen molar-refractivity contribution in [2.75, 3.05) is 5.32 Å². The van der Waals surface area contributed by atoms with Crippen molar-refractivity contribution in [3.05, 3.63) is 63.9 Å². The molecule has 0 atom stereocenters. The molecule has 0 bridgehead atoms. The molecule has 0 aliphatic heterocycles. The van der Waals surface area contributed by atoms with Crippen LogP contribution in [0.3, 0.4) is 0 Å². The van der Waals surface area contributed by atoms with Crippen molar-refractivity contribution >= 4 is 38.0 Å². The molecular formula is C18H16N4OS. The number of aryl methyl sites for hydroxylation is 2. The first-order valence-corrected chi connectivity index (χ1v) is 8.63. The minimum absolute atomic E-state index is 0.139. The minimum Gasteiger partial charge on any atom is -0.330 e. The lowest BCUT2D eigenvalue weighted by Gasteiger charge is -2.11. The topological polar surface area (TPSA) is 59.3 Å². The van der Waals surface area contributed by atoms with E-state index in [1.807, 2.05) is 18.2 Å². The largest absolute Gasteiger partial charge is 0.330 e. The second kappa shape index (κ2) is 5.72. The first-order valence-electron chi connectivity index (χ1n) is 7.81. The maximum absolute atomic E-state index is 12.6. The van der Waals surface area contributed by atoms with Crippen molar-refractivity contribution in [2.24, 2.45) is 0 Å². The normalized spacial score (nSPS) is 11.2. The lowest BCUT2D eigenvalue weighted by atomic mass is 10.1. The molecule has 0 spiro atoms. The Morgan fingerprint density at radius 3 is 2.83 bits per heavy atom. The molecule has 6 heteroatoms. The molecular weight excluding hydrogens is 320 g/mol. The Morgan fingerprint density at radius 2 is 2.00 bits per heavy atom. The first kappa shape index (κ1) is 14.8. The van der Waals surface area contributed by atoms with Gasteiger partial charge in [-0.25, -0.2) is 4.98 Å². The van der Waals surface area contributed by atoms with Gasteiger partial charge in [0.25, 0.3) is 5.56 Å². The van der Waals surface area contributed by atoms with Crippen LogP contribution in [0.15, 0.2) is 47.3 Å². The van der Waals surface area contributed by atoms with Crippen LogP contribution < -0.4 is 10.9 Å². The Bertz CT molecular complexity index is 1110. The molecule has 0 saturated heterocycles. The van der Waals surface area contributed by atoms with Crippen molar-refractivity contribution in [3.8, 4) is 0 Å². The molecule has 0 unspecified atom stereocenters. The lowest BCUT2D eigenvalue weighted by Crippen LogP contribution is -2.15. The molecule has 0 amide bonds. The maximum atomic E-state index is 12.6. The number of anilines is 2. The molecule has 1 N–H and O–H groups in total. The molecule has 4 rings (SSSR count). The molecule has 24 heavy (non-hydrogen) atoms. The van der Waals surface area contributed by atoms with E-state index < -0.39 is 0 Å². The van der Waals surface area contributed by atoms with Gasteiger partial charge >= 0.3 is 0 Å². The average Bonchev–Trinajstić information content (AvgIpc) is 3.00. The Labute approximate surface area is 142 Å². The zero-order valence-electron chi connectivity index (χ0n) is 13.4. The van der Waals surface area contributed by atoms with E-state index in [1.165, 1.54) is 21.4 Å². The van der Waals surface area contributed by atoms with Crippen LogP contribution in [0.1, 0.15) is 18.1 Å². The van der Waals surface area contributed by atoms with E-state index in [4.69, 9.17) is 0 Å². The third-order valence-electron chi connectivity index (χ3n) is 4.07. The fourth-order valence-electron chi connectivity index (χ4n) is 2.81. The predicted octanol–water partition coefficient (Wildman–Crippen LogP) is 3.92. The summed E-state index contributed by atoms with van der Waals surface area (Å²) >= 11 is 1.38. The van der Waals surface area contributed by atoms with Gasteiger partial charge in [-0.05, 0) is 36.6 Å². The van der Waals surface area contributed by atoms with Gasteiger partial charge in [-0.1, -0.05) is 48.6 Å². The number of rotatable bonds is 3. The van der Waals surface area contributed by atoms with Gasteiger partial charge in [0, 0.05) is 5.69 Å². The highest BCUT2D eigenvalue weighted by atomic mass is 32.1. The summed E-state index contributed by atoms with van der Waals surface area (Å²) in [6, 6.07) is 13.6. The van der Waals surface area contributed by atoms with Crippen molar-refractivity contribution in [3.63, 3.8) is 0 Å². The summed E-state index contributed by atoms with van der Waals surface area (Å²) in [7, 11) is 0. The summed E-state index contributed by atoms with van der Waals surface area (Å²) in [5.74, 6) is 0. The number of hydrogen-bond donors (Lipinski definition) is 1. The highest BCUT2D eigenvalue weighted by Gasteiger charge is 2.12. The van der Waals surface area contributed by atoms with E-state index in [1.54, 1.807) is 6.07 Å². The van der Waals surface area contributed by atoms with Gasteiger partial charge in [0.1, 0.15) is 0 Å². The third kappa shape index (κ3) is 2.35. The van der Waals surface area contributed by atoms with E-state index in [0.29, 0.717) is 21.0 Å². The SMILES string of the molecule is CCc1cccc(C)c1Nc1nn2c(=O)c3ccccc3nc2s1. The Balaban J connectivity index is 1.86. The van der Waals surface area contributed by atoms with Crippen molar-refractivity contribution in [1.29, 1.82) is 0 Å². The Kier molecular flexibility index (Phi) is 3.54. The van der Waals surface area contributed by atoms with Gasteiger partial charge < -0.3 is 5.32 Å². The Hall–Kier alpha value is -2.73. The standard InChI is InChI=1S/C18H16N4OS/c1-3-12-8-6-7-11(2)15(12)20-17-21-22-16(23)13-9-4-5-10-14(13)19-18(22)24-17/h4-10H,3H2,1-2H3,(H,20,21). The van der Waals surface area contributed by atoms with Crippen LogP contribution in [0.2, 0.25) is 0 Å². The fourth-order valence-corrected chi connectivity index (χ4v) is 3.62. The number of nitrogens with one attached hydrogen (secondary N) is 1. The predicted molar refractivity (Wildman–Crippen MR) is 98.5 cm³/mol. The summed E-state index contributed by atoms with van der Waals surface area (Å²) < 4.78 is 1.37. The first-order chi connectivity index (χ1) is 11.7. The average molecular weight is 336 g/mol. The Morgan fingerprint density at radius 1 is 1.17 bits per heavy atom. The van der Waals surface area contributed by atoms with Crippen LogP contribution in [-0.4, -0.2) is 14.6 Å². The molecule has 0 aliphatic rings.